The van der Waals surface area contributed by atoms with Crippen LogP contribution >= 0.6 is 11.6 Å². The molecule has 0 aliphatic carbocycles. The molecular formula is C12H14ClN3O2. The molecule has 0 bridgehead atoms. The second-order valence-electron chi connectivity index (χ2n) is 4.05. The van der Waals surface area contributed by atoms with Gasteiger partial charge in [-0.05, 0) is 12.8 Å². The van der Waals surface area contributed by atoms with Gasteiger partial charge in [0.2, 0.25) is 0 Å². The fraction of sp³-hybridized carbons (Fsp3) is 0.500. The SMILES string of the molecule is C#CCn1ncc(Cl)c(NCC2CCCO2)c1=O. The van der Waals surface area contributed by atoms with Crippen LogP contribution in [0.2, 0.25) is 5.02 Å². The molecule has 0 saturated carbocycles. The number of nitrogens with zero attached hydrogens (tertiary/aromatic N) is 2. The molecule has 1 fully saturated rings. The Bertz CT molecular complexity index is 515. The Morgan fingerprint density at radius 2 is 2.56 bits per heavy atom. The van der Waals surface area contributed by atoms with E-state index in [9.17, 15) is 4.79 Å². The topological polar surface area (TPSA) is 56.1 Å². The van der Waals surface area contributed by atoms with E-state index >= 15 is 0 Å². The highest BCUT2D eigenvalue weighted by Crippen LogP contribution is 2.17. The van der Waals surface area contributed by atoms with Crippen LogP contribution in [-0.4, -0.2) is 29.0 Å². The molecular weight excluding hydrogens is 254 g/mol. The van der Waals surface area contributed by atoms with Crippen LogP contribution in [0.5, 0.6) is 0 Å². The molecule has 6 heteroatoms. The van der Waals surface area contributed by atoms with Gasteiger partial charge in [0, 0.05) is 13.2 Å². The Labute approximate surface area is 110 Å². The Morgan fingerprint density at radius 1 is 1.72 bits per heavy atom. The second-order valence-corrected chi connectivity index (χ2v) is 4.46. The maximum atomic E-state index is 12.0. The number of ether oxygens (including phenoxy) is 1. The van der Waals surface area contributed by atoms with Gasteiger partial charge in [0.25, 0.3) is 5.56 Å². The van der Waals surface area contributed by atoms with Crippen molar-refractivity contribution in [3.63, 3.8) is 0 Å². The van der Waals surface area contributed by atoms with Gasteiger partial charge in [0.15, 0.2) is 0 Å². The fourth-order valence-corrected chi connectivity index (χ4v) is 2.04. The van der Waals surface area contributed by atoms with Crippen LogP contribution in [-0.2, 0) is 11.3 Å². The van der Waals surface area contributed by atoms with E-state index in [4.69, 9.17) is 22.8 Å². The summed E-state index contributed by atoms with van der Waals surface area (Å²) in [6, 6.07) is 0. The van der Waals surface area contributed by atoms with Crippen molar-refractivity contribution in [2.45, 2.75) is 25.5 Å². The summed E-state index contributed by atoms with van der Waals surface area (Å²) in [5, 5.41) is 7.19. The van der Waals surface area contributed by atoms with Gasteiger partial charge in [-0.2, -0.15) is 5.10 Å². The van der Waals surface area contributed by atoms with E-state index in [1.54, 1.807) is 0 Å². The number of rotatable bonds is 4. The molecule has 1 aliphatic heterocycles. The summed E-state index contributed by atoms with van der Waals surface area (Å²) < 4.78 is 6.67. The Kier molecular flexibility index (Phi) is 4.24. The molecule has 0 spiro atoms. The predicted octanol–water partition coefficient (Wildman–Crippen LogP) is 1.12. The molecule has 2 rings (SSSR count). The average Bonchev–Trinajstić information content (AvgIpc) is 2.86. The summed E-state index contributed by atoms with van der Waals surface area (Å²) >= 11 is 5.96. The van der Waals surface area contributed by atoms with E-state index in [-0.39, 0.29) is 18.2 Å². The summed E-state index contributed by atoms with van der Waals surface area (Å²) in [5.74, 6) is 2.37. The lowest BCUT2D eigenvalue weighted by molar-refractivity contribution is 0.120. The highest BCUT2D eigenvalue weighted by molar-refractivity contribution is 6.32. The van der Waals surface area contributed by atoms with E-state index in [1.807, 2.05) is 0 Å². The molecule has 1 saturated heterocycles. The van der Waals surface area contributed by atoms with Crippen LogP contribution in [0, 0.1) is 12.3 Å². The highest BCUT2D eigenvalue weighted by atomic mass is 35.5. The van der Waals surface area contributed by atoms with Crippen LogP contribution in [0.4, 0.5) is 5.69 Å². The van der Waals surface area contributed by atoms with Gasteiger partial charge < -0.3 is 10.1 Å². The van der Waals surface area contributed by atoms with Crippen LogP contribution in [0.3, 0.4) is 0 Å². The third-order valence-corrected chi connectivity index (χ3v) is 3.06. The zero-order valence-electron chi connectivity index (χ0n) is 9.86. The Hall–Kier alpha value is -1.51. The first-order valence-corrected chi connectivity index (χ1v) is 6.14. The molecule has 0 radical (unpaired) electrons. The zero-order chi connectivity index (χ0) is 13.0. The van der Waals surface area contributed by atoms with Gasteiger partial charge in [-0.15, -0.1) is 6.42 Å². The quantitative estimate of drug-likeness (QED) is 0.831. The lowest BCUT2D eigenvalue weighted by Gasteiger charge is -2.13. The van der Waals surface area contributed by atoms with E-state index in [0.29, 0.717) is 17.3 Å². The monoisotopic (exact) mass is 267 g/mol. The van der Waals surface area contributed by atoms with Crippen LogP contribution < -0.4 is 10.9 Å². The lowest BCUT2D eigenvalue weighted by Crippen LogP contribution is -2.28. The lowest BCUT2D eigenvalue weighted by atomic mass is 10.2. The molecule has 1 atom stereocenters. The van der Waals surface area contributed by atoms with Gasteiger partial charge in [-0.25, -0.2) is 4.68 Å². The van der Waals surface area contributed by atoms with E-state index in [1.165, 1.54) is 10.9 Å². The average molecular weight is 268 g/mol. The van der Waals surface area contributed by atoms with E-state index in [2.05, 4.69) is 16.3 Å². The van der Waals surface area contributed by atoms with Crippen molar-refractivity contribution in [1.29, 1.82) is 0 Å². The van der Waals surface area contributed by atoms with Crippen molar-refractivity contribution < 1.29 is 4.74 Å². The molecule has 1 N–H and O–H groups in total. The number of anilines is 1. The zero-order valence-corrected chi connectivity index (χ0v) is 10.6. The minimum atomic E-state index is -0.307. The molecule has 0 aromatic carbocycles. The third-order valence-electron chi connectivity index (χ3n) is 2.77. The molecule has 2 heterocycles. The number of aromatic nitrogens is 2. The van der Waals surface area contributed by atoms with Gasteiger partial charge >= 0.3 is 0 Å². The van der Waals surface area contributed by atoms with E-state index in [0.717, 1.165) is 19.4 Å². The molecule has 18 heavy (non-hydrogen) atoms. The maximum Gasteiger partial charge on any atom is 0.292 e. The van der Waals surface area contributed by atoms with E-state index < -0.39 is 0 Å². The minimum absolute atomic E-state index is 0.130. The first-order chi connectivity index (χ1) is 8.72. The Balaban J connectivity index is 2.13. The maximum absolute atomic E-state index is 12.0. The van der Waals surface area contributed by atoms with Crippen molar-refractivity contribution in [1.82, 2.24) is 9.78 Å². The van der Waals surface area contributed by atoms with Gasteiger partial charge in [-0.1, -0.05) is 17.5 Å². The molecule has 1 aromatic rings. The fourth-order valence-electron chi connectivity index (χ4n) is 1.85. The summed E-state index contributed by atoms with van der Waals surface area (Å²) in [5.41, 5.74) is 0.0239. The predicted molar refractivity (Wildman–Crippen MR) is 69.8 cm³/mol. The van der Waals surface area contributed by atoms with Crippen LogP contribution in [0.1, 0.15) is 12.8 Å². The van der Waals surface area contributed by atoms with Crippen molar-refractivity contribution in [3.8, 4) is 12.3 Å². The first-order valence-electron chi connectivity index (χ1n) is 5.77. The molecule has 1 unspecified atom stereocenters. The normalized spacial score (nSPS) is 18.6. The standard InChI is InChI=1S/C12H14ClN3O2/c1-2-5-16-12(17)11(10(13)8-15-16)14-7-9-4-3-6-18-9/h1,8-9,14H,3-7H2. The minimum Gasteiger partial charge on any atom is -0.377 e. The molecule has 1 aliphatic rings. The van der Waals surface area contributed by atoms with Crippen molar-refractivity contribution in [2.24, 2.45) is 0 Å². The number of halogens is 1. The van der Waals surface area contributed by atoms with Crippen LogP contribution in [0.15, 0.2) is 11.0 Å². The summed E-state index contributed by atoms with van der Waals surface area (Å²) in [7, 11) is 0. The van der Waals surface area contributed by atoms with Gasteiger partial charge in [-0.3, -0.25) is 4.79 Å². The van der Waals surface area contributed by atoms with Crippen molar-refractivity contribution in [3.05, 3.63) is 21.6 Å². The summed E-state index contributed by atoms with van der Waals surface area (Å²) in [4.78, 5) is 12.0. The summed E-state index contributed by atoms with van der Waals surface area (Å²) in [6.45, 7) is 1.47. The molecule has 0 amide bonds. The largest absolute Gasteiger partial charge is 0.377 e. The smallest absolute Gasteiger partial charge is 0.292 e. The molecule has 96 valence electrons. The molecule has 5 nitrogen and oxygen atoms in total. The van der Waals surface area contributed by atoms with Gasteiger partial charge in [0.1, 0.15) is 12.2 Å². The first kappa shape index (κ1) is 12.9. The second kappa shape index (κ2) is 5.89. The number of hydrogen-bond acceptors (Lipinski definition) is 4. The van der Waals surface area contributed by atoms with Crippen molar-refractivity contribution >= 4 is 17.3 Å². The number of terminal acetylenes is 1. The number of hydrogen-bond donors (Lipinski definition) is 1. The van der Waals surface area contributed by atoms with Crippen molar-refractivity contribution in [2.75, 3.05) is 18.5 Å². The molecule has 1 aromatic heterocycles. The summed E-state index contributed by atoms with van der Waals surface area (Å²) in [6.07, 6.45) is 8.76. The number of nitrogens with one attached hydrogen (secondary N) is 1. The Morgan fingerprint density at radius 3 is 3.22 bits per heavy atom. The van der Waals surface area contributed by atoms with Gasteiger partial charge in [0.05, 0.1) is 17.3 Å². The third kappa shape index (κ3) is 2.84. The van der Waals surface area contributed by atoms with Crippen LogP contribution in [0.25, 0.3) is 0 Å². The highest BCUT2D eigenvalue weighted by Gasteiger charge is 2.17.